The van der Waals surface area contributed by atoms with E-state index in [1.54, 1.807) is 32.1 Å². The molecule has 3 heterocycles. The Hall–Kier alpha value is -2.67. The summed E-state index contributed by atoms with van der Waals surface area (Å²) in [5, 5.41) is 1.09. The number of hydrogen-bond acceptors (Lipinski definition) is 5. The topological polar surface area (TPSA) is 75.3 Å². The Morgan fingerprint density at radius 3 is 2.86 bits per heavy atom. The highest BCUT2D eigenvalue weighted by molar-refractivity contribution is 7.18. The second kappa shape index (κ2) is 7.99. The number of hydrogen-bond donors (Lipinski definition) is 1. The number of benzene rings is 1. The molecule has 2 aromatic heterocycles. The standard InChI is InChI=1S/C22H25N3O3S/c1-4-28-22(27)18-13(2)19(23-14(18)3)21(26)25-11-7-8-15(12-25)20-24-16-9-5-6-10-17(16)29-20/h5-6,9-10,15,23H,4,7-8,11-12H2,1-3H3. The van der Waals surface area contributed by atoms with E-state index in [-0.39, 0.29) is 17.8 Å². The summed E-state index contributed by atoms with van der Waals surface area (Å²) in [6, 6.07) is 8.14. The summed E-state index contributed by atoms with van der Waals surface area (Å²) in [7, 11) is 0. The Balaban J connectivity index is 1.56. The molecule has 6 nitrogen and oxygen atoms in total. The predicted molar refractivity (Wildman–Crippen MR) is 114 cm³/mol. The van der Waals surface area contributed by atoms with Gasteiger partial charge in [-0.15, -0.1) is 11.3 Å². The number of carbonyl (C=O) groups excluding carboxylic acids is 2. The van der Waals surface area contributed by atoms with Crippen molar-refractivity contribution >= 4 is 33.4 Å². The zero-order chi connectivity index (χ0) is 20.5. The third-order valence-corrected chi connectivity index (χ3v) is 6.70. The smallest absolute Gasteiger partial charge is 0.340 e. The van der Waals surface area contributed by atoms with Gasteiger partial charge in [-0.1, -0.05) is 12.1 Å². The molecule has 1 amide bonds. The second-order valence-electron chi connectivity index (χ2n) is 7.46. The zero-order valence-corrected chi connectivity index (χ0v) is 17.8. The monoisotopic (exact) mass is 411 g/mol. The van der Waals surface area contributed by atoms with Crippen LogP contribution in [-0.4, -0.2) is 46.4 Å². The molecule has 1 aromatic carbocycles. The van der Waals surface area contributed by atoms with Crippen molar-refractivity contribution in [2.24, 2.45) is 0 Å². The van der Waals surface area contributed by atoms with Gasteiger partial charge in [0.05, 0.1) is 27.4 Å². The van der Waals surface area contributed by atoms with Gasteiger partial charge in [-0.25, -0.2) is 9.78 Å². The minimum absolute atomic E-state index is 0.0630. The van der Waals surface area contributed by atoms with Crippen LogP contribution in [0.3, 0.4) is 0 Å². The van der Waals surface area contributed by atoms with E-state index in [4.69, 9.17) is 9.72 Å². The molecule has 1 saturated heterocycles. The van der Waals surface area contributed by atoms with Crippen LogP contribution < -0.4 is 0 Å². The number of amides is 1. The maximum absolute atomic E-state index is 13.2. The fourth-order valence-corrected chi connectivity index (χ4v) is 5.15. The van der Waals surface area contributed by atoms with Crippen LogP contribution in [0.25, 0.3) is 10.2 Å². The zero-order valence-electron chi connectivity index (χ0n) is 16.9. The van der Waals surface area contributed by atoms with Gasteiger partial charge in [-0.05, 0) is 51.3 Å². The van der Waals surface area contributed by atoms with Crippen LogP contribution in [0.2, 0.25) is 0 Å². The average molecular weight is 412 g/mol. The number of H-pyrrole nitrogens is 1. The average Bonchev–Trinajstić information content (AvgIpc) is 3.28. The summed E-state index contributed by atoms with van der Waals surface area (Å²) in [4.78, 5) is 35.3. The number of fused-ring (bicyclic) bond motifs is 1. The Bertz CT molecular complexity index is 1040. The molecular formula is C22H25N3O3S. The summed E-state index contributed by atoms with van der Waals surface area (Å²) in [5.41, 5.74) is 3.30. The first-order valence-electron chi connectivity index (χ1n) is 10.0. The number of piperidine rings is 1. The molecule has 0 radical (unpaired) electrons. The van der Waals surface area contributed by atoms with E-state index < -0.39 is 0 Å². The number of carbonyl (C=O) groups is 2. The molecular weight excluding hydrogens is 386 g/mol. The van der Waals surface area contributed by atoms with Crippen molar-refractivity contribution in [1.82, 2.24) is 14.9 Å². The van der Waals surface area contributed by atoms with E-state index in [2.05, 4.69) is 11.1 Å². The summed E-state index contributed by atoms with van der Waals surface area (Å²) in [5.74, 6) is -0.207. The quantitative estimate of drug-likeness (QED) is 0.644. The lowest BCUT2D eigenvalue weighted by Gasteiger charge is -2.31. The highest BCUT2D eigenvalue weighted by Gasteiger charge is 2.30. The Kier molecular flexibility index (Phi) is 5.41. The van der Waals surface area contributed by atoms with Crippen LogP contribution in [0.1, 0.15) is 62.8 Å². The number of ether oxygens (including phenoxy) is 1. The van der Waals surface area contributed by atoms with Crippen molar-refractivity contribution in [2.75, 3.05) is 19.7 Å². The number of aromatic amines is 1. The fourth-order valence-electron chi connectivity index (χ4n) is 4.06. The lowest BCUT2D eigenvalue weighted by molar-refractivity contribution is 0.0525. The first-order valence-corrected chi connectivity index (χ1v) is 10.8. The molecule has 1 fully saturated rings. The van der Waals surface area contributed by atoms with Gasteiger partial charge in [0.2, 0.25) is 0 Å². The molecule has 1 aliphatic rings. The number of esters is 1. The van der Waals surface area contributed by atoms with Crippen LogP contribution >= 0.6 is 11.3 Å². The highest BCUT2D eigenvalue weighted by atomic mass is 32.1. The Morgan fingerprint density at radius 2 is 2.10 bits per heavy atom. The number of nitrogens with one attached hydrogen (secondary N) is 1. The maximum Gasteiger partial charge on any atom is 0.340 e. The van der Waals surface area contributed by atoms with Crippen molar-refractivity contribution in [3.05, 3.63) is 51.8 Å². The number of likely N-dealkylation sites (tertiary alicyclic amines) is 1. The number of rotatable bonds is 4. The Labute approximate surface area is 173 Å². The van der Waals surface area contributed by atoms with Gasteiger partial charge >= 0.3 is 5.97 Å². The molecule has 7 heteroatoms. The minimum Gasteiger partial charge on any atom is -0.462 e. The molecule has 1 aliphatic heterocycles. The molecule has 0 aliphatic carbocycles. The molecule has 1 unspecified atom stereocenters. The summed E-state index contributed by atoms with van der Waals surface area (Å²) in [6.07, 6.45) is 1.97. The van der Waals surface area contributed by atoms with Gasteiger partial charge in [0.15, 0.2) is 0 Å². The van der Waals surface area contributed by atoms with Crippen molar-refractivity contribution in [3.8, 4) is 0 Å². The van der Waals surface area contributed by atoms with Crippen LogP contribution in [0.5, 0.6) is 0 Å². The molecule has 152 valence electrons. The summed E-state index contributed by atoms with van der Waals surface area (Å²) < 4.78 is 6.32. The predicted octanol–water partition coefficient (Wildman–Crippen LogP) is 4.44. The number of thiazole rings is 1. The van der Waals surface area contributed by atoms with E-state index in [0.717, 1.165) is 23.4 Å². The molecule has 3 aromatic rings. The first kappa shape index (κ1) is 19.6. The van der Waals surface area contributed by atoms with Crippen molar-refractivity contribution in [2.45, 2.75) is 39.5 Å². The number of aryl methyl sites for hydroxylation is 1. The van der Waals surface area contributed by atoms with E-state index >= 15 is 0 Å². The third kappa shape index (κ3) is 3.67. The maximum atomic E-state index is 13.2. The van der Waals surface area contributed by atoms with Crippen molar-refractivity contribution in [1.29, 1.82) is 0 Å². The molecule has 1 N–H and O–H groups in total. The molecule has 0 bridgehead atoms. The Morgan fingerprint density at radius 1 is 1.31 bits per heavy atom. The molecule has 29 heavy (non-hydrogen) atoms. The minimum atomic E-state index is -0.385. The van der Waals surface area contributed by atoms with Crippen LogP contribution in [0, 0.1) is 13.8 Å². The summed E-state index contributed by atoms with van der Waals surface area (Å²) >= 11 is 1.71. The number of nitrogens with zero attached hydrogens (tertiary/aromatic N) is 2. The third-order valence-electron chi connectivity index (χ3n) is 5.50. The molecule has 4 rings (SSSR count). The van der Waals surface area contributed by atoms with Crippen molar-refractivity contribution < 1.29 is 14.3 Å². The van der Waals surface area contributed by atoms with Crippen molar-refractivity contribution in [3.63, 3.8) is 0 Å². The van der Waals surface area contributed by atoms with Gasteiger partial charge in [0, 0.05) is 24.7 Å². The lowest BCUT2D eigenvalue weighted by atomic mass is 9.98. The summed E-state index contributed by atoms with van der Waals surface area (Å²) in [6.45, 7) is 7.05. The van der Waals surface area contributed by atoms with Gasteiger partial charge in [-0.2, -0.15) is 0 Å². The lowest BCUT2D eigenvalue weighted by Crippen LogP contribution is -2.39. The van der Waals surface area contributed by atoms with Gasteiger partial charge < -0.3 is 14.6 Å². The van der Waals surface area contributed by atoms with E-state index in [1.807, 2.05) is 23.1 Å². The first-order chi connectivity index (χ1) is 14.0. The fraction of sp³-hybridized carbons (Fsp3) is 0.409. The largest absolute Gasteiger partial charge is 0.462 e. The van der Waals surface area contributed by atoms with Gasteiger partial charge in [-0.3, -0.25) is 4.79 Å². The normalized spacial score (nSPS) is 16.9. The molecule has 0 spiro atoms. The van der Waals surface area contributed by atoms with E-state index in [9.17, 15) is 9.59 Å². The van der Waals surface area contributed by atoms with Crippen LogP contribution in [0.15, 0.2) is 24.3 Å². The molecule has 0 saturated carbocycles. The van der Waals surface area contributed by atoms with E-state index in [0.29, 0.717) is 42.2 Å². The van der Waals surface area contributed by atoms with Gasteiger partial charge in [0.1, 0.15) is 5.69 Å². The second-order valence-corrected chi connectivity index (χ2v) is 8.52. The highest BCUT2D eigenvalue weighted by Crippen LogP contribution is 2.33. The molecule has 1 atom stereocenters. The number of para-hydroxylation sites is 1. The van der Waals surface area contributed by atoms with Crippen LogP contribution in [0.4, 0.5) is 0 Å². The van der Waals surface area contributed by atoms with Crippen LogP contribution in [-0.2, 0) is 4.74 Å². The SMILES string of the molecule is CCOC(=O)c1c(C)[nH]c(C(=O)N2CCCC(c3nc4ccccc4s3)C2)c1C. The number of aromatic nitrogens is 2. The van der Waals surface area contributed by atoms with Gasteiger partial charge in [0.25, 0.3) is 5.91 Å². The van der Waals surface area contributed by atoms with E-state index in [1.165, 1.54) is 4.70 Å².